The Morgan fingerprint density at radius 3 is 2.52 bits per heavy atom. The average molecular weight is 466 g/mol. The number of dihydropyridines is 1. The van der Waals surface area contributed by atoms with Crippen molar-refractivity contribution in [2.24, 2.45) is 0 Å². The third-order valence-corrected chi connectivity index (χ3v) is 6.28. The molecule has 33 heavy (non-hydrogen) atoms. The summed E-state index contributed by atoms with van der Waals surface area (Å²) < 4.78 is 19.6. The molecule has 170 valence electrons. The Bertz CT molecular complexity index is 1170. The number of nitrogens with zero attached hydrogens (tertiary/aromatic N) is 1. The fraction of sp³-hybridized carbons (Fsp3) is 0.240. The minimum atomic E-state index is -0.947. The third-order valence-electron chi connectivity index (χ3n) is 5.26. The van der Waals surface area contributed by atoms with Crippen molar-refractivity contribution in [3.8, 4) is 6.07 Å². The van der Waals surface area contributed by atoms with E-state index in [1.165, 1.54) is 30.9 Å². The highest BCUT2D eigenvalue weighted by Gasteiger charge is 2.36. The first-order valence-electron chi connectivity index (χ1n) is 10.4. The summed E-state index contributed by atoms with van der Waals surface area (Å²) in [5.41, 5.74) is 2.78. The van der Waals surface area contributed by atoms with Crippen LogP contribution < -0.4 is 10.6 Å². The molecule has 1 aliphatic rings. The van der Waals surface area contributed by atoms with Crippen LogP contribution in [0.2, 0.25) is 0 Å². The molecule has 0 spiro atoms. The highest BCUT2D eigenvalue weighted by molar-refractivity contribution is 8.03. The van der Waals surface area contributed by atoms with Crippen LogP contribution in [0.25, 0.3) is 0 Å². The van der Waals surface area contributed by atoms with Gasteiger partial charge in [-0.2, -0.15) is 5.26 Å². The number of aryl methyl sites for hydroxylation is 1. The average Bonchev–Trinajstić information content (AvgIpc) is 2.82. The van der Waals surface area contributed by atoms with Crippen LogP contribution in [0.3, 0.4) is 0 Å². The second-order valence-corrected chi connectivity index (χ2v) is 8.34. The van der Waals surface area contributed by atoms with Crippen molar-refractivity contribution in [2.75, 3.05) is 18.2 Å². The number of anilines is 1. The molecule has 0 fully saturated rings. The predicted molar refractivity (Wildman–Crippen MR) is 127 cm³/mol. The van der Waals surface area contributed by atoms with E-state index in [0.29, 0.717) is 16.4 Å². The largest absolute Gasteiger partial charge is 0.466 e. The molecule has 1 heterocycles. The topological polar surface area (TPSA) is 91.2 Å². The number of allylic oxidation sites excluding steroid dienone is 2. The van der Waals surface area contributed by atoms with Gasteiger partial charge in [0.2, 0.25) is 5.91 Å². The lowest BCUT2D eigenvalue weighted by Gasteiger charge is -2.29. The van der Waals surface area contributed by atoms with Gasteiger partial charge in [0.25, 0.3) is 0 Å². The summed E-state index contributed by atoms with van der Waals surface area (Å²) in [5.74, 6) is -2.37. The van der Waals surface area contributed by atoms with Crippen molar-refractivity contribution in [2.45, 2.75) is 26.2 Å². The molecule has 0 bridgehead atoms. The highest BCUT2D eigenvalue weighted by Crippen LogP contribution is 2.41. The van der Waals surface area contributed by atoms with Crippen LogP contribution in [0, 0.1) is 17.1 Å². The number of halogens is 1. The third kappa shape index (κ3) is 5.44. The molecule has 1 amide bonds. The Balaban J connectivity index is 1.87. The molecule has 0 unspecified atom stereocenters. The van der Waals surface area contributed by atoms with Gasteiger partial charge < -0.3 is 15.4 Å². The maximum atomic E-state index is 14.7. The van der Waals surface area contributed by atoms with Crippen LogP contribution in [-0.2, 0) is 20.7 Å². The summed E-state index contributed by atoms with van der Waals surface area (Å²) in [5, 5.41) is 16.2. The van der Waals surface area contributed by atoms with E-state index in [0.717, 1.165) is 18.2 Å². The van der Waals surface area contributed by atoms with Crippen LogP contribution in [0.4, 0.5) is 10.1 Å². The first kappa shape index (κ1) is 24.1. The predicted octanol–water partition coefficient (Wildman–Crippen LogP) is 4.63. The van der Waals surface area contributed by atoms with Crippen LogP contribution in [-0.4, -0.2) is 24.7 Å². The van der Waals surface area contributed by atoms with Crippen LogP contribution in [0.15, 0.2) is 70.4 Å². The number of nitrogens with one attached hydrogen (secondary N) is 2. The summed E-state index contributed by atoms with van der Waals surface area (Å²) in [6.07, 6.45) is 0.907. The first-order chi connectivity index (χ1) is 15.9. The number of benzene rings is 2. The quantitative estimate of drug-likeness (QED) is 0.580. The minimum absolute atomic E-state index is 0.0217. The molecule has 0 aliphatic carbocycles. The second kappa shape index (κ2) is 10.8. The fourth-order valence-electron chi connectivity index (χ4n) is 3.59. The Kier molecular flexibility index (Phi) is 7.91. The van der Waals surface area contributed by atoms with Gasteiger partial charge in [-0.1, -0.05) is 49.0 Å². The lowest BCUT2D eigenvalue weighted by atomic mass is 9.82. The normalized spacial score (nSPS) is 15.5. The number of hydrogen-bond donors (Lipinski definition) is 2. The van der Waals surface area contributed by atoms with E-state index in [4.69, 9.17) is 4.74 Å². The summed E-state index contributed by atoms with van der Waals surface area (Å²) in [6.45, 7) is 3.71. The van der Waals surface area contributed by atoms with Crippen molar-refractivity contribution < 1.29 is 18.7 Å². The van der Waals surface area contributed by atoms with E-state index < -0.39 is 17.7 Å². The van der Waals surface area contributed by atoms with E-state index in [1.807, 2.05) is 24.3 Å². The summed E-state index contributed by atoms with van der Waals surface area (Å²) in [6, 6.07) is 15.7. The molecule has 1 aliphatic heterocycles. The SMILES string of the molecule is CCc1ccc(NC(=O)CSC2=C(C#N)[C@H](c3ccccc3F)C(C(=O)OC)=C(C)N2)cc1. The number of esters is 1. The maximum Gasteiger partial charge on any atom is 0.336 e. The number of carbonyl (C=O) groups is 2. The standard InChI is InChI=1S/C25H24FN3O3S/c1-4-16-9-11-17(12-10-16)29-21(30)14-33-24-19(13-27)23(18-7-5-6-8-20(18)26)22(15(2)28-24)25(31)32-3/h5-12,23,28H,4,14H2,1-3H3,(H,29,30)/t23-/m0/s1. The molecule has 0 saturated heterocycles. The lowest BCUT2D eigenvalue weighted by molar-refractivity contribution is -0.136. The van der Waals surface area contributed by atoms with Crippen LogP contribution >= 0.6 is 11.8 Å². The van der Waals surface area contributed by atoms with Crippen LogP contribution in [0.1, 0.15) is 30.9 Å². The van der Waals surface area contributed by atoms with Crippen molar-refractivity contribution in [1.82, 2.24) is 5.32 Å². The first-order valence-corrected chi connectivity index (χ1v) is 11.3. The van der Waals surface area contributed by atoms with Gasteiger partial charge in [-0.05, 0) is 37.1 Å². The number of thioether (sulfide) groups is 1. The molecule has 2 aromatic rings. The number of methoxy groups -OCH3 is 1. The van der Waals surface area contributed by atoms with Crippen molar-refractivity contribution in [3.63, 3.8) is 0 Å². The maximum absolute atomic E-state index is 14.7. The van der Waals surface area contributed by atoms with Crippen molar-refractivity contribution >= 4 is 29.3 Å². The van der Waals surface area contributed by atoms with Gasteiger partial charge in [-0.3, -0.25) is 4.79 Å². The van der Waals surface area contributed by atoms with Gasteiger partial charge in [-0.15, -0.1) is 0 Å². The number of hydrogen-bond acceptors (Lipinski definition) is 6. The Hall–Kier alpha value is -3.57. The van der Waals surface area contributed by atoms with E-state index in [9.17, 15) is 19.2 Å². The molecule has 2 aromatic carbocycles. The summed E-state index contributed by atoms with van der Waals surface area (Å²) in [7, 11) is 1.23. The van der Waals surface area contributed by atoms with Gasteiger partial charge in [0.15, 0.2) is 0 Å². The zero-order chi connectivity index (χ0) is 24.0. The van der Waals surface area contributed by atoms with Gasteiger partial charge in [0, 0.05) is 16.9 Å². The molecule has 3 rings (SSSR count). The Morgan fingerprint density at radius 2 is 1.91 bits per heavy atom. The van der Waals surface area contributed by atoms with Crippen molar-refractivity contribution in [3.05, 3.63) is 87.3 Å². The molecular weight excluding hydrogens is 441 g/mol. The summed E-state index contributed by atoms with van der Waals surface area (Å²) in [4.78, 5) is 25.0. The second-order valence-electron chi connectivity index (χ2n) is 7.35. The number of rotatable bonds is 7. The molecule has 0 radical (unpaired) electrons. The fourth-order valence-corrected chi connectivity index (χ4v) is 4.48. The van der Waals surface area contributed by atoms with E-state index in [1.54, 1.807) is 13.0 Å². The number of nitriles is 1. The van der Waals surface area contributed by atoms with Gasteiger partial charge >= 0.3 is 5.97 Å². The molecule has 0 aromatic heterocycles. The Labute approximate surface area is 196 Å². The monoisotopic (exact) mass is 465 g/mol. The summed E-state index contributed by atoms with van der Waals surface area (Å²) >= 11 is 1.12. The highest BCUT2D eigenvalue weighted by atomic mass is 32.2. The smallest absolute Gasteiger partial charge is 0.336 e. The molecule has 1 atom stereocenters. The number of ether oxygens (including phenoxy) is 1. The zero-order valence-corrected chi connectivity index (χ0v) is 19.4. The van der Waals surface area contributed by atoms with Gasteiger partial charge in [0.1, 0.15) is 5.82 Å². The van der Waals surface area contributed by atoms with Gasteiger partial charge in [0.05, 0.1) is 41.0 Å². The molecule has 6 nitrogen and oxygen atoms in total. The van der Waals surface area contributed by atoms with E-state index >= 15 is 0 Å². The molecule has 0 saturated carbocycles. The number of carbonyl (C=O) groups excluding carboxylic acids is 2. The van der Waals surface area contributed by atoms with Crippen molar-refractivity contribution in [1.29, 1.82) is 5.26 Å². The van der Waals surface area contributed by atoms with E-state index in [2.05, 4.69) is 23.6 Å². The molecule has 8 heteroatoms. The Morgan fingerprint density at radius 1 is 1.21 bits per heavy atom. The minimum Gasteiger partial charge on any atom is -0.466 e. The zero-order valence-electron chi connectivity index (χ0n) is 18.6. The molecule has 2 N–H and O–H groups in total. The number of amides is 1. The van der Waals surface area contributed by atoms with E-state index in [-0.39, 0.29) is 28.4 Å². The molecular formula is C25H24FN3O3S. The van der Waals surface area contributed by atoms with Crippen LogP contribution in [0.5, 0.6) is 0 Å². The lowest BCUT2D eigenvalue weighted by Crippen LogP contribution is -2.29. The van der Waals surface area contributed by atoms with Gasteiger partial charge in [-0.25, -0.2) is 9.18 Å².